The van der Waals surface area contributed by atoms with Gasteiger partial charge in [0.05, 0.1) is 17.5 Å². The Morgan fingerprint density at radius 1 is 1.14 bits per heavy atom. The van der Waals surface area contributed by atoms with Crippen LogP contribution in [-0.2, 0) is 0 Å². The molecule has 0 radical (unpaired) electrons. The molecule has 0 unspecified atom stereocenters. The van der Waals surface area contributed by atoms with E-state index in [0.29, 0.717) is 22.6 Å². The minimum absolute atomic E-state index is 0.0577. The van der Waals surface area contributed by atoms with Crippen LogP contribution in [0.15, 0.2) is 58.7 Å². The van der Waals surface area contributed by atoms with Crippen LogP contribution in [0.2, 0.25) is 0 Å². The molecule has 0 fully saturated rings. The molecule has 0 aliphatic rings. The number of aliphatic imine (C=N–C) groups is 1. The Kier molecular flexibility index (Phi) is 4.71. The number of rotatable bonds is 4. The highest BCUT2D eigenvalue weighted by atomic mass is 16.5. The maximum atomic E-state index is 12.0. The van der Waals surface area contributed by atoms with Crippen molar-refractivity contribution in [2.75, 3.05) is 0 Å². The fourth-order valence-electron chi connectivity index (χ4n) is 1.71. The van der Waals surface area contributed by atoms with Crippen molar-refractivity contribution in [2.45, 2.75) is 0 Å². The maximum absolute atomic E-state index is 12.0. The van der Waals surface area contributed by atoms with E-state index < -0.39 is 5.97 Å². The standard InChI is InChI=1S/C15H14N4O3/c16-15(17)19-12-6-4-11(5-7-12)14(20)22-13-3-1-2-10(8-13)9-18-21/h1-9,21H,(H4,16,17,19). The lowest BCUT2D eigenvalue weighted by atomic mass is 10.2. The average Bonchev–Trinajstić information content (AvgIpc) is 2.48. The van der Waals surface area contributed by atoms with E-state index in [9.17, 15) is 4.79 Å². The number of nitrogens with zero attached hydrogens (tertiary/aromatic N) is 2. The molecule has 2 aromatic carbocycles. The molecule has 0 amide bonds. The fourth-order valence-corrected chi connectivity index (χ4v) is 1.71. The molecular weight excluding hydrogens is 284 g/mol. The van der Waals surface area contributed by atoms with E-state index >= 15 is 0 Å². The van der Waals surface area contributed by atoms with Gasteiger partial charge in [0.15, 0.2) is 5.96 Å². The van der Waals surface area contributed by atoms with Gasteiger partial charge in [0.1, 0.15) is 5.75 Å². The van der Waals surface area contributed by atoms with E-state index in [4.69, 9.17) is 21.4 Å². The molecular formula is C15H14N4O3. The second kappa shape index (κ2) is 6.89. The first-order valence-corrected chi connectivity index (χ1v) is 6.28. The Hall–Kier alpha value is -3.35. The number of carbonyl (C=O) groups excluding carboxylic acids is 1. The van der Waals surface area contributed by atoms with E-state index in [1.807, 2.05) is 0 Å². The topological polar surface area (TPSA) is 123 Å². The van der Waals surface area contributed by atoms with Crippen molar-refractivity contribution >= 4 is 23.8 Å². The lowest BCUT2D eigenvalue weighted by molar-refractivity contribution is 0.0735. The van der Waals surface area contributed by atoms with E-state index in [0.717, 1.165) is 0 Å². The average molecular weight is 298 g/mol. The van der Waals surface area contributed by atoms with Crippen LogP contribution in [0.4, 0.5) is 5.69 Å². The Labute approximate surface area is 126 Å². The van der Waals surface area contributed by atoms with E-state index in [2.05, 4.69) is 10.1 Å². The quantitative estimate of drug-likeness (QED) is 0.198. The lowest BCUT2D eigenvalue weighted by Gasteiger charge is -2.05. The molecule has 7 nitrogen and oxygen atoms in total. The van der Waals surface area contributed by atoms with Crippen LogP contribution in [0.25, 0.3) is 0 Å². The highest BCUT2D eigenvalue weighted by Gasteiger charge is 2.08. The first kappa shape index (κ1) is 15.0. The number of oxime groups is 1. The van der Waals surface area contributed by atoms with Crippen LogP contribution in [0.5, 0.6) is 5.75 Å². The Bertz CT molecular complexity index is 720. The zero-order valence-electron chi connectivity index (χ0n) is 11.5. The van der Waals surface area contributed by atoms with Crippen molar-refractivity contribution in [3.8, 4) is 5.75 Å². The number of hydrogen-bond donors (Lipinski definition) is 3. The summed E-state index contributed by atoms with van der Waals surface area (Å²) in [5.74, 6) is -0.234. The Morgan fingerprint density at radius 3 is 2.50 bits per heavy atom. The molecule has 0 aliphatic heterocycles. The van der Waals surface area contributed by atoms with Crippen molar-refractivity contribution in [3.05, 3.63) is 59.7 Å². The van der Waals surface area contributed by atoms with Crippen LogP contribution in [0.1, 0.15) is 15.9 Å². The molecule has 0 saturated carbocycles. The summed E-state index contributed by atoms with van der Waals surface area (Å²) in [7, 11) is 0. The Balaban J connectivity index is 2.12. The second-order valence-electron chi connectivity index (χ2n) is 4.29. The monoisotopic (exact) mass is 298 g/mol. The summed E-state index contributed by atoms with van der Waals surface area (Å²) in [5, 5.41) is 11.4. The summed E-state index contributed by atoms with van der Waals surface area (Å²) in [4.78, 5) is 15.9. The van der Waals surface area contributed by atoms with Crippen LogP contribution in [0.3, 0.4) is 0 Å². The second-order valence-corrected chi connectivity index (χ2v) is 4.29. The molecule has 0 aliphatic carbocycles. The van der Waals surface area contributed by atoms with Crippen LogP contribution >= 0.6 is 0 Å². The molecule has 0 saturated heterocycles. The molecule has 7 heteroatoms. The molecule has 2 rings (SSSR count). The van der Waals surface area contributed by atoms with Gasteiger partial charge in [-0.2, -0.15) is 0 Å². The minimum Gasteiger partial charge on any atom is -0.423 e. The van der Waals surface area contributed by atoms with E-state index in [1.54, 1.807) is 48.5 Å². The number of carbonyl (C=O) groups is 1. The molecule has 112 valence electrons. The zero-order valence-corrected chi connectivity index (χ0v) is 11.5. The van der Waals surface area contributed by atoms with Crippen LogP contribution in [-0.4, -0.2) is 23.4 Å². The molecule has 22 heavy (non-hydrogen) atoms. The van der Waals surface area contributed by atoms with Gasteiger partial charge >= 0.3 is 5.97 Å². The van der Waals surface area contributed by atoms with Gasteiger partial charge in [-0.05, 0) is 42.0 Å². The predicted octanol–water partition coefficient (Wildman–Crippen LogP) is 1.62. The van der Waals surface area contributed by atoms with Crippen molar-refractivity contribution in [1.82, 2.24) is 0 Å². The van der Waals surface area contributed by atoms with Gasteiger partial charge in [-0.15, -0.1) is 0 Å². The normalized spacial score (nSPS) is 10.4. The first-order chi connectivity index (χ1) is 10.6. The van der Waals surface area contributed by atoms with Gasteiger partial charge < -0.3 is 21.4 Å². The molecule has 0 spiro atoms. The number of nitrogens with two attached hydrogens (primary N) is 2. The SMILES string of the molecule is NC(N)=Nc1ccc(C(=O)Oc2cccc(C=NO)c2)cc1. The first-order valence-electron chi connectivity index (χ1n) is 6.28. The molecule has 0 atom stereocenters. The highest BCUT2D eigenvalue weighted by molar-refractivity contribution is 5.92. The molecule has 5 N–H and O–H groups in total. The molecule has 0 heterocycles. The maximum Gasteiger partial charge on any atom is 0.343 e. The third kappa shape index (κ3) is 4.07. The summed E-state index contributed by atoms with van der Waals surface area (Å²) in [6.07, 6.45) is 1.24. The summed E-state index contributed by atoms with van der Waals surface area (Å²) < 4.78 is 5.24. The molecule has 0 aromatic heterocycles. The number of esters is 1. The zero-order chi connectivity index (χ0) is 15.9. The van der Waals surface area contributed by atoms with Crippen molar-refractivity contribution in [3.63, 3.8) is 0 Å². The number of guanidine groups is 1. The van der Waals surface area contributed by atoms with Gasteiger partial charge in [0.25, 0.3) is 0 Å². The summed E-state index contributed by atoms with van der Waals surface area (Å²) in [6, 6.07) is 12.9. The van der Waals surface area contributed by atoms with Crippen molar-refractivity contribution in [2.24, 2.45) is 21.6 Å². The summed E-state index contributed by atoms with van der Waals surface area (Å²) in [6.45, 7) is 0. The van der Waals surface area contributed by atoms with E-state index in [1.165, 1.54) is 6.21 Å². The lowest BCUT2D eigenvalue weighted by Crippen LogP contribution is -2.21. The van der Waals surface area contributed by atoms with Gasteiger partial charge in [-0.25, -0.2) is 9.79 Å². The number of ether oxygens (including phenoxy) is 1. The highest BCUT2D eigenvalue weighted by Crippen LogP contribution is 2.17. The summed E-state index contributed by atoms with van der Waals surface area (Å²) >= 11 is 0. The third-order valence-electron chi connectivity index (χ3n) is 2.64. The summed E-state index contributed by atoms with van der Waals surface area (Å²) in [5.41, 5.74) is 12.0. The van der Waals surface area contributed by atoms with Crippen molar-refractivity contribution in [1.29, 1.82) is 0 Å². The van der Waals surface area contributed by atoms with Crippen LogP contribution < -0.4 is 16.2 Å². The van der Waals surface area contributed by atoms with Gasteiger partial charge in [-0.3, -0.25) is 0 Å². The predicted molar refractivity (Wildman–Crippen MR) is 82.7 cm³/mol. The van der Waals surface area contributed by atoms with Crippen LogP contribution in [0, 0.1) is 0 Å². The largest absolute Gasteiger partial charge is 0.423 e. The molecule has 0 bridgehead atoms. The number of hydrogen-bond acceptors (Lipinski definition) is 5. The molecule has 2 aromatic rings. The van der Waals surface area contributed by atoms with Gasteiger partial charge in [0, 0.05) is 0 Å². The number of benzene rings is 2. The third-order valence-corrected chi connectivity index (χ3v) is 2.64. The fraction of sp³-hybridized carbons (Fsp3) is 0. The minimum atomic E-state index is -0.519. The Morgan fingerprint density at radius 2 is 1.86 bits per heavy atom. The van der Waals surface area contributed by atoms with Crippen molar-refractivity contribution < 1.29 is 14.7 Å². The van der Waals surface area contributed by atoms with E-state index in [-0.39, 0.29) is 5.96 Å². The van der Waals surface area contributed by atoms with Gasteiger partial charge in [0.2, 0.25) is 0 Å². The smallest absolute Gasteiger partial charge is 0.343 e. The van der Waals surface area contributed by atoms with Gasteiger partial charge in [-0.1, -0.05) is 17.3 Å².